The molecule has 0 bridgehead atoms. The standard InChI is InChI=1S/C16H20N2OS/c19-15-7-4-8-18(11-15)10-14-12-20-16(17-14)9-13-5-2-1-3-6-13/h1-3,5-6,12,15,19H,4,7-11H2/t15-/m1/s1. The molecule has 0 spiro atoms. The lowest BCUT2D eigenvalue weighted by Crippen LogP contribution is -2.37. The zero-order chi connectivity index (χ0) is 13.8. The summed E-state index contributed by atoms with van der Waals surface area (Å²) in [4.78, 5) is 7.02. The molecule has 1 fully saturated rings. The summed E-state index contributed by atoms with van der Waals surface area (Å²) >= 11 is 1.73. The topological polar surface area (TPSA) is 36.4 Å². The quantitative estimate of drug-likeness (QED) is 0.939. The van der Waals surface area contributed by atoms with Gasteiger partial charge in [-0.1, -0.05) is 30.3 Å². The molecule has 1 atom stereocenters. The van der Waals surface area contributed by atoms with E-state index >= 15 is 0 Å². The molecule has 1 aromatic carbocycles. The molecule has 0 aliphatic carbocycles. The molecule has 4 heteroatoms. The van der Waals surface area contributed by atoms with Crippen molar-refractivity contribution in [2.24, 2.45) is 0 Å². The van der Waals surface area contributed by atoms with Crippen molar-refractivity contribution in [1.29, 1.82) is 0 Å². The van der Waals surface area contributed by atoms with Gasteiger partial charge >= 0.3 is 0 Å². The Morgan fingerprint density at radius 2 is 2.15 bits per heavy atom. The smallest absolute Gasteiger partial charge is 0.0972 e. The Morgan fingerprint density at radius 1 is 1.30 bits per heavy atom. The maximum absolute atomic E-state index is 9.70. The second-order valence-electron chi connectivity index (χ2n) is 5.43. The number of hydrogen-bond donors (Lipinski definition) is 1. The minimum Gasteiger partial charge on any atom is -0.392 e. The van der Waals surface area contributed by atoms with Gasteiger partial charge < -0.3 is 5.11 Å². The van der Waals surface area contributed by atoms with Crippen LogP contribution >= 0.6 is 11.3 Å². The highest BCUT2D eigenvalue weighted by atomic mass is 32.1. The van der Waals surface area contributed by atoms with Gasteiger partial charge in [-0.05, 0) is 24.9 Å². The average Bonchev–Trinajstić information content (AvgIpc) is 2.87. The molecular weight excluding hydrogens is 268 g/mol. The van der Waals surface area contributed by atoms with Crippen LogP contribution in [0.25, 0.3) is 0 Å². The van der Waals surface area contributed by atoms with Crippen molar-refractivity contribution in [2.45, 2.75) is 31.9 Å². The van der Waals surface area contributed by atoms with E-state index in [1.165, 1.54) is 10.6 Å². The Kier molecular flexibility index (Phi) is 4.45. The normalized spacial score (nSPS) is 20.1. The predicted octanol–water partition coefficient (Wildman–Crippen LogP) is 2.69. The molecule has 0 amide bonds. The van der Waals surface area contributed by atoms with E-state index in [4.69, 9.17) is 4.98 Å². The fourth-order valence-electron chi connectivity index (χ4n) is 2.68. The molecule has 0 radical (unpaired) electrons. The lowest BCUT2D eigenvalue weighted by atomic mass is 10.1. The van der Waals surface area contributed by atoms with E-state index in [1.807, 2.05) is 6.07 Å². The lowest BCUT2D eigenvalue weighted by Gasteiger charge is -2.29. The van der Waals surface area contributed by atoms with Crippen molar-refractivity contribution in [3.05, 3.63) is 52.0 Å². The van der Waals surface area contributed by atoms with Gasteiger partial charge in [0.1, 0.15) is 0 Å². The van der Waals surface area contributed by atoms with Crippen LogP contribution in [0.4, 0.5) is 0 Å². The summed E-state index contributed by atoms with van der Waals surface area (Å²) in [6.45, 7) is 2.72. The van der Waals surface area contributed by atoms with Crippen LogP contribution in [0.1, 0.15) is 29.1 Å². The van der Waals surface area contributed by atoms with Gasteiger partial charge in [-0.2, -0.15) is 0 Å². The molecule has 3 rings (SSSR count). The average molecular weight is 288 g/mol. The Bertz CT molecular complexity index is 540. The summed E-state index contributed by atoms with van der Waals surface area (Å²) in [6, 6.07) is 10.5. The lowest BCUT2D eigenvalue weighted by molar-refractivity contribution is 0.0663. The molecule has 0 saturated carbocycles. The summed E-state index contributed by atoms with van der Waals surface area (Å²) in [7, 11) is 0. The fraction of sp³-hybridized carbons (Fsp3) is 0.438. The number of β-amino-alcohol motifs (C(OH)–C–C–N with tert-alkyl or cyclic N) is 1. The van der Waals surface area contributed by atoms with E-state index in [-0.39, 0.29) is 6.10 Å². The second kappa shape index (κ2) is 6.48. The Hall–Kier alpha value is -1.23. The number of hydrogen-bond acceptors (Lipinski definition) is 4. The highest BCUT2D eigenvalue weighted by Gasteiger charge is 2.18. The first kappa shape index (κ1) is 13.7. The fourth-order valence-corrected chi connectivity index (χ4v) is 3.50. The molecule has 20 heavy (non-hydrogen) atoms. The monoisotopic (exact) mass is 288 g/mol. The largest absolute Gasteiger partial charge is 0.392 e. The van der Waals surface area contributed by atoms with Crippen LogP contribution in [0.2, 0.25) is 0 Å². The summed E-state index contributed by atoms with van der Waals surface area (Å²) in [5.74, 6) is 0. The first-order valence-corrected chi connectivity index (χ1v) is 8.05. The first-order valence-electron chi connectivity index (χ1n) is 7.17. The van der Waals surface area contributed by atoms with Crippen LogP contribution in [0.15, 0.2) is 35.7 Å². The van der Waals surface area contributed by atoms with E-state index < -0.39 is 0 Å². The highest BCUT2D eigenvalue weighted by molar-refractivity contribution is 7.09. The number of aliphatic hydroxyl groups is 1. The van der Waals surface area contributed by atoms with Crippen molar-refractivity contribution in [3.8, 4) is 0 Å². The number of thiazole rings is 1. The van der Waals surface area contributed by atoms with Crippen LogP contribution in [0.3, 0.4) is 0 Å². The van der Waals surface area contributed by atoms with Crippen LogP contribution in [0, 0.1) is 0 Å². The number of rotatable bonds is 4. The van der Waals surface area contributed by atoms with Crippen molar-refractivity contribution in [3.63, 3.8) is 0 Å². The molecule has 106 valence electrons. The van der Waals surface area contributed by atoms with Crippen LogP contribution in [-0.2, 0) is 13.0 Å². The number of piperidine rings is 1. The second-order valence-corrected chi connectivity index (χ2v) is 6.37. The third-order valence-electron chi connectivity index (χ3n) is 3.66. The van der Waals surface area contributed by atoms with Gasteiger partial charge in [0.15, 0.2) is 0 Å². The van der Waals surface area contributed by atoms with Gasteiger partial charge in [0.25, 0.3) is 0 Å². The van der Waals surface area contributed by atoms with Gasteiger partial charge in [0, 0.05) is 24.9 Å². The van der Waals surface area contributed by atoms with Crippen molar-refractivity contribution in [2.75, 3.05) is 13.1 Å². The SMILES string of the molecule is O[C@@H]1CCCN(Cc2csc(Cc3ccccc3)n2)C1. The molecule has 2 aromatic rings. The van der Waals surface area contributed by atoms with Crippen LogP contribution in [0.5, 0.6) is 0 Å². The Balaban J connectivity index is 1.59. The molecule has 1 aliphatic heterocycles. The third-order valence-corrected chi connectivity index (χ3v) is 4.56. The van der Waals surface area contributed by atoms with Crippen molar-refractivity contribution < 1.29 is 5.11 Å². The van der Waals surface area contributed by atoms with E-state index in [1.54, 1.807) is 11.3 Å². The van der Waals surface area contributed by atoms with Crippen molar-refractivity contribution >= 4 is 11.3 Å². The van der Waals surface area contributed by atoms with Gasteiger partial charge in [0.2, 0.25) is 0 Å². The molecule has 1 aromatic heterocycles. The number of aromatic nitrogens is 1. The number of aliphatic hydroxyl groups excluding tert-OH is 1. The summed E-state index contributed by atoms with van der Waals surface area (Å²) in [5.41, 5.74) is 2.44. The van der Waals surface area contributed by atoms with Gasteiger partial charge in [-0.25, -0.2) is 4.98 Å². The Morgan fingerprint density at radius 3 is 2.95 bits per heavy atom. The molecule has 1 saturated heterocycles. The van der Waals surface area contributed by atoms with Crippen LogP contribution < -0.4 is 0 Å². The highest BCUT2D eigenvalue weighted by Crippen LogP contribution is 2.18. The molecule has 2 heterocycles. The summed E-state index contributed by atoms with van der Waals surface area (Å²) in [6.07, 6.45) is 2.77. The van der Waals surface area contributed by atoms with Crippen molar-refractivity contribution in [1.82, 2.24) is 9.88 Å². The first-order chi connectivity index (χ1) is 9.79. The van der Waals surface area contributed by atoms with Crippen LogP contribution in [-0.4, -0.2) is 34.2 Å². The van der Waals surface area contributed by atoms with E-state index in [0.29, 0.717) is 0 Å². The van der Waals surface area contributed by atoms with E-state index in [9.17, 15) is 5.11 Å². The minimum absolute atomic E-state index is 0.161. The van der Waals surface area contributed by atoms with Gasteiger partial charge in [-0.3, -0.25) is 4.90 Å². The molecule has 0 unspecified atom stereocenters. The summed E-state index contributed by atoms with van der Waals surface area (Å²) < 4.78 is 0. The number of nitrogens with zero attached hydrogens (tertiary/aromatic N) is 2. The van der Waals surface area contributed by atoms with E-state index in [2.05, 4.69) is 34.5 Å². The zero-order valence-corrected chi connectivity index (χ0v) is 12.4. The number of benzene rings is 1. The predicted molar refractivity (Wildman–Crippen MR) is 81.9 cm³/mol. The van der Waals surface area contributed by atoms with Gasteiger partial charge in [0.05, 0.1) is 16.8 Å². The minimum atomic E-state index is -0.161. The molecule has 3 nitrogen and oxygen atoms in total. The maximum Gasteiger partial charge on any atom is 0.0972 e. The molecule has 1 aliphatic rings. The third kappa shape index (κ3) is 3.66. The molecule has 1 N–H and O–H groups in total. The zero-order valence-electron chi connectivity index (χ0n) is 11.5. The number of likely N-dealkylation sites (tertiary alicyclic amines) is 1. The van der Waals surface area contributed by atoms with Gasteiger partial charge in [-0.15, -0.1) is 11.3 Å². The maximum atomic E-state index is 9.70. The Labute approximate surface area is 123 Å². The molecular formula is C16H20N2OS. The van der Waals surface area contributed by atoms with E-state index in [0.717, 1.165) is 44.6 Å². The summed E-state index contributed by atoms with van der Waals surface area (Å²) in [5, 5.41) is 13.0.